The van der Waals surface area contributed by atoms with Crippen molar-refractivity contribution in [3.05, 3.63) is 34.7 Å². The molecule has 0 saturated heterocycles. The summed E-state index contributed by atoms with van der Waals surface area (Å²) in [5.74, 6) is -0.283. The molecule has 0 bridgehead atoms. The van der Waals surface area contributed by atoms with Crippen molar-refractivity contribution in [1.29, 1.82) is 0 Å². The highest BCUT2D eigenvalue weighted by molar-refractivity contribution is 7.20. The number of thiophene rings is 1. The lowest BCUT2D eigenvalue weighted by Crippen LogP contribution is -2.01. The monoisotopic (exact) mass is 236 g/mol. The first-order valence-electron chi connectivity index (χ1n) is 5.05. The highest BCUT2D eigenvalue weighted by Crippen LogP contribution is 2.27. The first-order valence-corrected chi connectivity index (χ1v) is 5.86. The Labute approximate surface area is 97.3 Å². The lowest BCUT2D eigenvalue weighted by molar-refractivity contribution is 0.0532. The summed E-state index contributed by atoms with van der Waals surface area (Å²) in [6.45, 7) is 2.19. The summed E-state index contributed by atoms with van der Waals surface area (Å²) in [6, 6.07) is 7.46. The maximum absolute atomic E-state index is 11.5. The van der Waals surface area contributed by atoms with Gasteiger partial charge in [0.05, 0.1) is 13.2 Å². The number of carbonyl (C=O) groups is 1. The Kier molecular flexibility index (Phi) is 3.22. The third kappa shape index (κ3) is 2.08. The fourth-order valence-corrected chi connectivity index (χ4v) is 2.50. The van der Waals surface area contributed by atoms with Gasteiger partial charge in [-0.2, -0.15) is 0 Å². The Bertz CT molecular complexity index is 516. The molecule has 1 aromatic heterocycles. The average molecular weight is 236 g/mol. The Morgan fingerprint density at radius 1 is 1.44 bits per heavy atom. The lowest BCUT2D eigenvalue weighted by Gasteiger charge is -1.95. The maximum atomic E-state index is 11.5. The van der Waals surface area contributed by atoms with Crippen LogP contribution in [0.15, 0.2) is 24.3 Å². The van der Waals surface area contributed by atoms with Crippen LogP contribution < -0.4 is 0 Å². The van der Waals surface area contributed by atoms with Gasteiger partial charge < -0.3 is 9.84 Å². The van der Waals surface area contributed by atoms with Crippen molar-refractivity contribution in [3.8, 4) is 0 Å². The smallest absolute Gasteiger partial charge is 0.348 e. The van der Waals surface area contributed by atoms with E-state index in [-0.39, 0.29) is 12.6 Å². The topological polar surface area (TPSA) is 46.5 Å². The largest absolute Gasteiger partial charge is 0.462 e. The lowest BCUT2D eigenvalue weighted by atomic mass is 10.2. The molecule has 1 aromatic carbocycles. The Morgan fingerprint density at radius 2 is 2.25 bits per heavy atom. The number of carbonyl (C=O) groups excluding carboxylic acids is 1. The number of aliphatic hydroxyl groups excluding tert-OH is 1. The summed E-state index contributed by atoms with van der Waals surface area (Å²) in [5.41, 5.74) is 0.852. The molecule has 1 heterocycles. The molecule has 0 radical (unpaired) electrons. The van der Waals surface area contributed by atoms with Crippen LogP contribution in [0.2, 0.25) is 0 Å². The van der Waals surface area contributed by atoms with Crippen LogP contribution in [-0.4, -0.2) is 17.7 Å². The number of hydrogen-bond acceptors (Lipinski definition) is 4. The molecular formula is C12H12O3S. The number of hydrogen-bond donors (Lipinski definition) is 1. The molecule has 0 amide bonds. The van der Waals surface area contributed by atoms with Gasteiger partial charge in [-0.15, -0.1) is 11.3 Å². The van der Waals surface area contributed by atoms with E-state index in [9.17, 15) is 4.79 Å². The third-order valence-corrected chi connectivity index (χ3v) is 3.32. The molecule has 2 aromatic rings. The van der Waals surface area contributed by atoms with Gasteiger partial charge in [-0.1, -0.05) is 12.1 Å². The van der Waals surface area contributed by atoms with Crippen molar-refractivity contribution < 1.29 is 14.6 Å². The average Bonchev–Trinajstić information content (AvgIpc) is 2.71. The minimum absolute atomic E-state index is 0.0164. The van der Waals surface area contributed by atoms with Crippen LogP contribution in [0.5, 0.6) is 0 Å². The van der Waals surface area contributed by atoms with Crippen LogP contribution in [0.1, 0.15) is 22.2 Å². The molecule has 16 heavy (non-hydrogen) atoms. The Morgan fingerprint density at radius 3 is 2.94 bits per heavy atom. The molecular weight excluding hydrogens is 224 g/mol. The number of aliphatic hydroxyl groups is 1. The van der Waals surface area contributed by atoms with Crippen LogP contribution in [0.4, 0.5) is 0 Å². The summed E-state index contributed by atoms with van der Waals surface area (Å²) < 4.78 is 5.93. The molecule has 0 fully saturated rings. The number of esters is 1. The molecule has 84 valence electrons. The van der Waals surface area contributed by atoms with Crippen molar-refractivity contribution in [2.45, 2.75) is 13.5 Å². The second-order valence-corrected chi connectivity index (χ2v) is 4.45. The molecule has 2 rings (SSSR count). The number of benzene rings is 1. The van der Waals surface area contributed by atoms with Gasteiger partial charge in [0.25, 0.3) is 0 Å². The highest BCUT2D eigenvalue weighted by atomic mass is 32.1. The zero-order valence-electron chi connectivity index (χ0n) is 8.90. The van der Waals surface area contributed by atoms with Crippen molar-refractivity contribution >= 4 is 27.4 Å². The maximum Gasteiger partial charge on any atom is 0.348 e. The van der Waals surface area contributed by atoms with Crippen LogP contribution in [0, 0.1) is 0 Å². The zero-order chi connectivity index (χ0) is 11.5. The normalized spacial score (nSPS) is 10.6. The molecule has 0 atom stereocenters. The van der Waals surface area contributed by atoms with E-state index < -0.39 is 0 Å². The van der Waals surface area contributed by atoms with E-state index in [4.69, 9.17) is 9.84 Å². The number of fused-ring (bicyclic) bond motifs is 1. The van der Waals surface area contributed by atoms with Gasteiger partial charge in [-0.25, -0.2) is 4.79 Å². The molecule has 4 heteroatoms. The van der Waals surface area contributed by atoms with E-state index in [0.29, 0.717) is 11.5 Å². The van der Waals surface area contributed by atoms with Crippen molar-refractivity contribution in [3.63, 3.8) is 0 Å². The van der Waals surface area contributed by atoms with E-state index in [2.05, 4.69) is 0 Å². The summed E-state index contributed by atoms with van der Waals surface area (Å²) in [5, 5.41) is 10.0. The van der Waals surface area contributed by atoms with Crippen LogP contribution >= 0.6 is 11.3 Å². The molecule has 0 aliphatic heterocycles. The van der Waals surface area contributed by atoms with Crippen LogP contribution in [-0.2, 0) is 11.3 Å². The summed E-state index contributed by atoms with van der Waals surface area (Å²) >= 11 is 1.39. The zero-order valence-corrected chi connectivity index (χ0v) is 9.71. The van der Waals surface area contributed by atoms with Crippen LogP contribution in [0.25, 0.3) is 10.1 Å². The SMILES string of the molecule is CCOC(=O)c1cc2ccc(CO)cc2s1. The second-order valence-electron chi connectivity index (χ2n) is 3.36. The summed E-state index contributed by atoms with van der Waals surface area (Å²) in [6.07, 6.45) is 0. The molecule has 3 nitrogen and oxygen atoms in total. The van der Waals surface area contributed by atoms with Crippen molar-refractivity contribution in [1.82, 2.24) is 0 Å². The van der Waals surface area contributed by atoms with Crippen molar-refractivity contribution in [2.24, 2.45) is 0 Å². The van der Waals surface area contributed by atoms with Crippen molar-refractivity contribution in [2.75, 3.05) is 6.61 Å². The third-order valence-electron chi connectivity index (χ3n) is 2.24. The fraction of sp³-hybridized carbons (Fsp3) is 0.250. The molecule has 1 N–H and O–H groups in total. The van der Waals surface area contributed by atoms with Gasteiger partial charge in [0.2, 0.25) is 0 Å². The fourth-order valence-electron chi connectivity index (χ4n) is 1.48. The second kappa shape index (κ2) is 4.63. The molecule has 0 unspecified atom stereocenters. The Hall–Kier alpha value is -1.39. The molecule has 0 saturated carbocycles. The minimum atomic E-state index is -0.283. The summed E-state index contributed by atoms with van der Waals surface area (Å²) in [7, 11) is 0. The first-order chi connectivity index (χ1) is 7.74. The van der Waals surface area contributed by atoms with E-state index >= 15 is 0 Å². The highest BCUT2D eigenvalue weighted by Gasteiger charge is 2.10. The van der Waals surface area contributed by atoms with E-state index in [0.717, 1.165) is 15.6 Å². The predicted octanol–water partition coefficient (Wildman–Crippen LogP) is 2.57. The van der Waals surface area contributed by atoms with E-state index in [1.165, 1.54) is 11.3 Å². The van der Waals surface area contributed by atoms with E-state index in [1.54, 1.807) is 6.92 Å². The van der Waals surface area contributed by atoms with Crippen LogP contribution in [0.3, 0.4) is 0 Å². The summed E-state index contributed by atoms with van der Waals surface area (Å²) in [4.78, 5) is 12.1. The quantitative estimate of drug-likeness (QED) is 0.833. The van der Waals surface area contributed by atoms with Gasteiger partial charge in [-0.05, 0) is 30.0 Å². The van der Waals surface area contributed by atoms with Gasteiger partial charge in [-0.3, -0.25) is 0 Å². The Balaban J connectivity index is 2.39. The van der Waals surface area contributed by atoms with Gasteiger partial charge in [0.15, 0.2) is 0 Å². The molecule has 0 aliphatic carbocycles. The van der Waals surface area contributed by atoms with Gasteiger partial charge in [0, 0.05) is 4.70 Å². The molecule has 0 spiro atoms. The first kappa shape index (κ1) is 11.1. The number of ether oxygens (including phenoxy) is 1. The van der Waals surface area contributed by atoms with Gasteiger partial charge >= 0.3 is 5.97 Å². The molecule has 0 aliphatic rings. The standard InChI is InChI=1S/C12H12O3S/c1-2-15-12(14)11-6-9-4-3-8(7-13)5-10(9)16-11/h3-6,13H,2,7H2,1H3. The number of rotatable bonds is 3. The van der Waals surface area contributed by atoms with Gasteiger partial charge in [0.1, 0.15) is 4.88 Å². The minimum Gasteiger partial charge on any atom is -0.462 e. The predicted molar refractivity (Wildman–Crippen MR) is 63.7 cm³/mol. The van der Waals surface area contributed by atoms with E-state index in [1.807, 2.05) is 24.3 Å².